The Kier molecular flexibility index (Phi) is 4.02. The van der Waals surface area contributed by atoms with Crippen molar-refractivity contribution in [1.82, 2.24) is 5.32 Å². The summed E-state index contributed by atoms with van der Waals surface area (Å²) in [5.74, 6) is 0.0933. The average Bonchev–Trinajstić information content (AvgIpc) is 2.48. The van der Waals surface area contributed by atoms with Gasteiger partial charge in [0, 0.05) is 12.2 Å². The Morgan fingerprint density at radius 2 is 1.90 bits per heavy atom. The van der Waals surface area contributed by atoms with E-state index >= 15 is 0 Å². The van der Waals surface area contributed by atoms with Crippen molar-refractivity contribution in [3.05, 3.63) is 65.2 Å². The smallest absolute Gasteiger partial charge is 0.232 e. The quantitative estimate of drug-likeness (QED) is 0.883. The van der Waals surface area contributed by atoms with Crippen molar-refractivity contribution in [3.63, 3.8) is 0 Å². The fourth-order valence-corrected chi connectivity index (χ4v) is 2.70. The van der Waals surface area contributed by atoms with Gasteiger partial charge in [0.15, 0.2) is 0 Å². The minimum atomic E-state index is 0.00244. The number of hydrogen-bond acceptors (Lipinski definition) is 2. The molecule has 3 heteroatoms. The molecule has 0 heterocycles. The molecule has 1 aliphatic carbocycles. The van der Waals surface area contributed by atoms with Gasteiger partial charge in [0.1, 0.15) is 0 Å². The van der Waals surface area contributed by atoms with Gasteiger partial charge in [-0.25, -0.2) is 0 Å². The van der Waals surface area contributed by atoms with Crippen LogP contribution in [0.25, 0.3) is 0 Å². The average molecular weight is 280 g/mol. The molecule has 2 aromatic rings. The van der Waals surface area contributed by atoms with Crippen LogP contribution < -0.4 is 10.6 Å². The molecule has 3 rings (SSSR count). The zero-order valence-corrected chi connectivity index (χ0v) is 12.2. The molecule has 0 bridgehead atoms. The fraction of sp³-hybridized carbons (Fsp3) is 0.278. The first-order chi connectivity index (χ1) is 10.3. The molecule has 0 spiro atoms. The lowest BCUT2D eigenvalue weighted by Crippen LogP contribution is -2.30. The number of hydrogen-bond donors (Lipinski definition) is 2. The summed E-state index contributed by atoms with van der Waals surface area (Å²) in [5, 5.41) is 6.29. The number of carbonyl (C=O) groups excluding carboxylic acids is 1. The third kappa shape index (κ3) is 2.98. The molecular formula is C18H20N2O. The van der Waals surface area contributed by atoms with Gasteiger partial charge in [0.25, 0.3) is 0 Å². The lowest BCUT2D eigenvalue weighted by molar-refractivity contribution is -0.118. The van der Waals surface area contributed by atoms with Crippen molar-refractivity contribution in [2.24, 2.45) is 0 Å². The summed E-state index contributed by atoms with van der Waals surface area (Å²) in [6, 6.07) is 16.2. The van der Waals surface area contributed by atoms with Gasteiger partial charge in [-0.05, 0) is 41.8 Å². The summed E-state index contributed by atoms with van der Waals surface area (Å²) in [7, 11) is 0. The number of nitrogens with one attached hydrogen (secondary N) is 2. The van der Waals surface area contributed by atoms with Crippen LogP contribution in [0.1, 0.15) is 29.5 Å². The molecule has 1 atom stereocenters. The Hall–Kier alpha value is -2.13. The molecule has 0 fully saturated rings. The second-order valence-electron chi connectivity index (χ2n) is 5.42. The molecular weight excluding hydrogens is 260 g/mol. The molecule has 0 saturated carbocycles. The molecule has 1 amide bonds. The van der Waals surface area contributed by atoms with E-state index < -0.39 is 0 Å². The van der Waals surface area contributed by atoms with Crippen molar-refractivity contribution < 1.29 is 4.79 Å². The number of carbonyl (C=O) groups is 1. The van der Waals surface area contributed by atoms with Crippen LogP contribution in [0.3, 0.4) is 0 Å². The second kappa shape index (κ2) is 6.10. The lowest BCUT2D eigenvalue weighted by atomic mass is 9.77. The first kappa shape index (κ1) is 13.8. The van der Waals surface area contributed by atoms with Gasteiger partial charge in [-0.15, -0.1) is 0 Å². The highest BCUT2D eigenvalue weighted by molar-refractivity contribution is 5.97. The Bertz CT molecular complexity index is 634. The summed E-state index contributed by atoms with van der Waals surface area (Å²) in [5.41, 5.74) is 4.55. The molecule has 0 saturated heterocycles. The summed E-state index contributed by atoms with van der Waals surface area (Å²) in [4.78, 5) is 12.3. The van der Waals surface area contributed by atoms with Crippen LogP contribution in [0.4, 0.5) is 5.69 Å². The lowest BCUT2D eigenvalue weighted by Gasteiger charge is -2.28. The van der Waals surface area contributed by atoms with Gasteiger partial charge in [-0.1, -0.05) is 43.3 Å². The van der Waals surface area contributed by atoms with Crippen LogP contribution in [0, 0.1) is 0 Å². The maximum Gasteiger partial charge on any atom is 0.232 e. The third-order valence-corrected chi connectivity index (χ3v) is 3.97. The molecule has 2 N–H and O–H groups in total. The number of anilines is 1. The molecule has 1 aliphatic rings. The van der Waals surface area contributed by atoms with E-state index in [0.717, 1.165) is 25.2 Å². The number of rotatable bonds is 5. The maximum absolute atomic E-state index is 12.3. The topological polar surface area (TPSA) is 41.1 Å². The van der Waals surface area contributed by atoms with Crippen molar-refractivity contribution in [3.8, 4) is 0 Å². The number of benzene rings is 2. The molecule has 1 unspecified atom stereocenters. The molecule has 2 aromatic carbocycles. The van der Waals surface area contributed by atoms with E-state index in [1.165, 1.54) is 16.7 Å². The van der Waals surface area contributed by atoms with Crippen molar-refractivity contribution in [2.75, 3.05) is 11.9 Å². The highest BCUT2D eigenvalue weighted by Crippen LogP contribution is 2.35. The van der Waals surface area contributed by atoms with E-state index in [-0.39, 0.29) is 11.8 Å². The molecule has 21 heavy (non-hydrogen) atoms. The highest BCUT2D eigenvalue weighted by atomic mass is 16.1. The summed E-state index contributed by atoms with van der Waals surface area (Å²) in [6.07, 6.45) is 0.848. The normalized spacial score (nSPS) is 16.0. The third-order valence-electron chi connectivity index (χ3n) is 3.97. The summed E-state index contributed by atoms with van der Waals surface area (Å²) in [6.45, 7) is 3.91. The monoisotopic (exact) mass is 280 g/mol. The van der Waals surface area contributed by atoms with Crippen LogP contribution in [0.2, 0.25) is 0 Å². The fourth-order valence-electron chi connectivity index (χ4n) is 2.70. The Morgan fingerprint density at radius 1 is 1.14 bits per heavy atom. The van der Waals surface area contributed by atoms with Crippen LogP contribution in [-0.4, -0.2) is 12.5 Å². The van der Waals surface area contributed by atoms with Crippen LogP contribution >= 0.6 is 0 Å². The predicted octanol–water partition coefficient (Wildman–Crippen LogP) is 3.07. The molecule has 0 aliphatic heterocycles. The van der Waals surface area contributed by atoms with Crippen molar-refractivity contribution in [1.29, 1.82) is 0 Å². The van der Waals surface area contributed by atoms with E-state index in [0.29, 0.717) is 0 Å². The zero-order chi connectivity index (χ0) is 14.7. The van der Waals surface area contributed by atoms with E-state index in [9.17, 15) is 4.79 Å². The Morgan fingerprint density at radius 3 is 2.62 bits per heavy atom. The van der Waals surface area contributed by atoms with Gasteiger partial charge in [-0.3, -0.25) is 4.79 Å². The zero-order valence-electron chi connectivity index (χ0n) is 12.2. The Labute approximate surface area is 125 Å². The van der Waals surface area contributed by atoms with E-state index in [2.05, 4.69) is 23.6 Å². The molecule has 3 nitrogen and oxygen atoms in total. The predicted molar refractivity (Wildman–Crippen MR) is 85.3 cm³/mol. The van der Waals surface area contributed by atoms with Crippen LogP contribution in [0.5, 0.6) is 0 Å². The van der Waals surface area contributed by atoms with Gasteiger partial charge in [0.05, 0.1) is 5.92 Å². The van der Waals surface area contributed by atoms with Gasteiger partial charge in [0.2, 0.25) is 5.91 Å². The summed E-state index contributed by atoms with van der Waals surface area (Å²) >= 11 is 0. The highest BCUT2D eigenvalue weighted by Gasteiger charge is 2.31. The largest absolute Gasteiger partial charge is 0.326 e. The number of fused-ring (bicyclic) bond motifs is 1. The van der Waals surface area contributed by atoms with Gasteiger partial charge in [-0.2, -0.15) is 0 Å². The first-order valence-corrected chi connectivity index (χ1v) is 7.46. The number of amides is 1. The standard InChI is InChI=1S/C18H20N2O/c1-2-19-12-13-7-9-15(10-8-13)20-18(21)17-11-14-5-3-4-6-16(14)17/h3-10,17,19H,2,11-12H2,1H3,(H,20,21). The molecule has 108 valence electrons. The van der Waals surface area contributed by atoms with Crippen molar-refractivity contribution >= 4 is 11.6 Å². The van der Waals surface area contributed by atoms with E-state index in [1.807, 2.05) is 42.5 Å². The minimum Gasteiger partial charge on any atom is -0.326 e. The van der Waals surface area contributed by atoms with Gasteiger partial charge >= 0.3 is 0 Å². The van der Waals surface area contributed by atoms with Crippen LogP contribution in [0.15, 0.2) is 48.5 Å². The molecule has 0 aromatic heterocycles. The first-order valence-electron chi connectivity index (χ1n) is 7.46. The molecule has 0 radical (unpaired) electrons. The van der Waals surface area contributed by atoms with Gasteiger partial charge < -0.3 is 10.6 Å². The van der Waals surface area contributed by atoms with E-state index in [1.54, 1.807) is 0 Å². The van der Waals surface area contributed by atoms with E-state index in [4.69, 9.17) is 0 Å². The second-order valence-corrected chi connectivity index (χ2v) is 5.42. The minimum absolute atomic E-state index is 0.00244. The maximum atomic E-state index is 12.3. The van der Waals surface area contributed by atoms with Crippen molar-refractivity contribution in [2.45, 2.75) is 25.8 Å². The summed E-state index contributed by atoms with van der Waals surface area (Å²) < 4.78 is 0. The Balaban J connectivity index is 1.61. The van der Waals surface area contributed by atoms with Crippen LogP contribution in [-0.2, 0) is 17.8 Å². The SMILES string of the molecule is CCNCc1ccc(NC(=O)C2Cc3ccccc32)cc1.